The summed E-state index contributed by atoms with van der Waals surface area (Å²) >= 11 is 0. The lowest BCUT2D eigenvalue weighted by atomic mass is 9.93. The molecule has 6 nitrogen and oxygen atoms in total. The lowest BCUT2D eigenvalue weighted by molar-refractivity contribution is -0.144. The van der Waals surface area contributed by atoms with Gasteiger partial charge in [0.25, 0.3) is 0 Å². The molecule has 0 unspecified atom stereocenters. The van der Waals surface area contributed by atoms with Crippen molar-refractivity contribution in [1.29, 1.82) is 0 Å². The van der Waals surface area contributed by atoms with Crippen molar-refractivity contribution in [2.24, 2.45) is 0 Å². The minimum absolute atomic E-state index is 0.101. The predicted molar refractivity (Wildman–Crippen MR) is 191 cm³/mol. The molecule has 45 heavy (non-hydrogen) atoms. The largest absolute Gasteiger partial charge is 0.466 e. The number of ether oxygens (including phenoxy) is 2. The Hall–Kier alpha value is -1.14. The van der Waals surface area contributed by atoms with Crippen LogP contribution in [0.4, 0.5) is 0 Å². The number of hydrogen-bond donors (Lipinski definition) is 2. The molecule has 0 aromatic heterocycles. The highest BCUT2D eigenvalue weighted by molar-refractivity contribution is 5.69. The Balaban J connectivity index is 3.74. The summed E-state index contributed by atoms with van der Waals surface area (Å²) in [7, 11) is 1.79. The van der Waals surface area contributed by atoms with Gasteiger partial charge in [-0.15, -0.1) is 0 Å². The van der Waals surface area contributed by atoms with Gasteiger partial charge in [-0.2, -0.15) is 0 Å². The van der Waals surface area contributed by atoms with Gasteiger partial charge in [-0.3, -0.25) is 9.59 Å². The van der Waals surface area contributed by atoms with Crippen molar-refractivity contribution in [3.05, 3.63) is 0 Å². The quantitative estimate of drug-likeness (QED) is 0.0524. The van der Waals surface area contributed by atoms with Crippen molar-refractivity contribution in [1.82, 2.24) is 5.32 Å². The van der Waals surface area contributed by atoms with E-state index >= 15 is 0 Å². The van der Waals surface area contributed by atoms with E-state index in [-0.39, 0.29) is 31.8 Å². The van der Waals surface area contributed by atoms with E-state index in [1.54, 1.807) is 7.05 Å². The van der Waals surface area contributed by atoms with Gasteiger partial charge in [0.05, 0.1) is 19.8 Å². The van der Waals surface area contributed by atoms with Gasteiger partial charge in [0.1, 0.15) is 0 Å². The van der Waals surface area contributed by atoms with E-state index in [0.29, 0.717) is 25.7 Å². The summed E-state index contributed by atoms with van der Waals surface area (Å²) in [6.07, 6.45) is 35.2. The standard InChI is InChI=1S/C39H77NO5/c1-4-6-8-10-12-14-16-18-20-22-24-26-28-30-37(42)44-34-32-39(36-41,40-3)33-35-45-38(43)31-29-27-25-23-21-19-17-15-13-11-9-7-5-2/h40-41H,4-36H2,1-3H3. The van der Waals surface area contributed by atoms with Crippen LogP contribution in [0, 0.1) is 0 Å². The maximum absolute atomic E-state index is 12.2. The van der Waals surface area contributed by atoms with Crippen LogP contribution in [-0.2, 0) is 19.1 Å². The Morgan fingerprint density at radius 3 is 1.00 bits per heavy atom. The molecule has 0 saturated heterocycles. The van der Waals surface area contributed by atoms with Crippen LogP contribution in [0.3, 0.4) is 0 Å². The Bertz CT molecular complexity index is 587. The molecule has 0 aliphatic carbocycles. The third kappa shape index (κ3) is 30.0. The van der Waals surface area contributed by atoms with Gasteiger partial charge in [-0.25, -0.2) is 0 Å². The fraction of sp³-hybridized carbons (Fsp3) is 0.949. The number of likely N-dealkylation sites (N-methyl/N-ethyl adjacent to an activating group) is 1. The molecular weight excluding hydrogens is 562 g/mol. The number of unbranched alkanes of at least 4 members (excludes halogenated alkanes) is 24. The van der Waals surface area contributed by atoms with Gasteiger partial charge >= 0.3 is 11.9 Å². The van der Waals surface area contributed by atoms with Gasteiger partial charge in [0.15, 0.2) is 0 Å². The fourth-order valence-corrected chi connectivity index (χ4v) is 6.05. The van der Waals surface area contributed by atoms with Gasteiger partial charge in [0.2, 0.25) is 0 Å². The molecule has 0 amide bonds. The zero-order chi connectivity index (χ0) is 33.1. The summed E-state index contributed by atoms with van der Waals surface area (Å²) in [5.41, 5.74) is -0.619. The number of aliphatic hydroxyl groups excluding tert-OH is 1. The number of aliphatic hydroxyl groups is 1. The minimum atomic E-state index is -0.619. The number of esters is 2. The third-order valence-electron chi connectivity index (χ3n) is 9.49. The average Bonchev–Trinajstić information content (AvgIpc) is 3.04. The van der Waals surface area contributed by atoms with Crippen molar-refractivity contribution in [3.8, 4) is 0 Å². The number of rotatable bonds is 36. The lowest BCUT2D eigenvalue weighted by Crippen LogP contribution is -2.48. The molecule has 0 rings (SSSR count). The second-order valence-corrected chi connectivity index (χ2v) is 13.6. The number of carbonyl (C=O) groups excluding carboxylic acids is 2. The number of hydrogen-bond acceptors (Lipinski definition) is 6. The first kappa shape index (κ1) is 43.9. The molecule has 0 aliphatic heterocycles. The Labute approximate surface area is 280 Å². The lowest BCUT2D eigenvalue weighted by Gasteiger charge is -2.31. The van der Waals surface area contributed by atoms with Crippen LogP contribution >= 0.6 is 0 Å². The van der Waals surface area contributed by atoms with Gasteiger partial charge in [0, 0.05) is 31.2 Å². The molecule has 0 saturated carbocycles. The molecule has 0 spiro atoms. The number of nitrogens with one attached hydrogen (secondary N) is 1. The smallest absolute Gasteiger partial charge is 0.305 e. The highest BCUT2D eigenvalue weighted by Crippen LogP contribution is 2.17. The molecule has 0 heterocycles. The molecule has 0 aliphatic rings. The minimum Gasteiger partial charge on any atom is -0.466 e. The second kappa shape index (κ2) is 34.2. The first-order chi connectivity index (χ1) is 22.0. The van der Waals surface area contributed by atoms with Crippen molar-refractivity contribution in [2.75, 3.05) is 26.9 Å². The van der Waals surface area contributed by atoms with E-state index in [2.05, 4.69) is 19.2 Å². The Kier molecular flexibility index (Phi) is 33.3. The molecule has 0 aromatic carbocycles. The van der Waals surface area contributed by atoms with E-state index in [9.17, 15) is 14.7 Å². The highest BCUT2D eigenvalue weighted by atomic mass is 16.5. The molecule has 0 radical (unpaired) electrons. The van der Waals surface area contributed by atoms with Crippen molar-refractivity contribution < 1.29 is 24.2 Å². The fourth-order valence-electron chi connectivity index (χ4n) is 6.05. The van der Waals surface area contributed by atoms with E-state index < -0.39 is 5.54 Å². The van der Waals surface area contributed by atoms with Crippen LogP contribution in [0.5, 0.6) is 0 Å². The van der Waals surface area contributed by atoms with E-state index in [1.807, 2.05) is 0 Å². The normalized spacial score (nSPS) is 11.6. The van der Waals surface area contributed by atoms with Crippen LogP contribution in [-0.4, -0.2) is 49.5 Å². The SMILES string of the molecule is CCCCCCCCCCCCCCCC(=O)OCCC(CO)(CCOC(=O)CCCCCCCCCCCCCCC)NC. The van der Waals surface area contributed by atoms with E-state index in [1.165, 1.54) is 141 Å². The van der Waals surface area contributed by atoms with Crippen LogP contribution < -0.4 is 5.32 Å². The summed E-state index contributed by atoms with van der Waals surface area (Å²) in [6.45, 7) is 4.94. The molecule has 6 heteroatoms. The van der Waals surface area contributed by atoms with E-state index in [0.717, 1.165) is 25.7 Å². The highest BCUT2D eigenvalue weighted by Gasteiger charge is 2.28. The molecular formula is C39H77NO5. The Morgan fingerprint density at radius 2 is 0.756 bits per heavy atom. The Morgan fingerprint density at radius 1 is 0.489 bits per heavy atom. The van der Waals surface area contributed by atoms with E-state index in [4.69, 9.17) is 9.47 Å². The van der Waals surface area contributed by atoms with Crippen LogP contribution in [0.25, 0.3) is 0 Å². The molecule has 0 aromatic rings. The zero-order valence-electron chi connectivity index (χ0n) is 30.4. The predicted octanol–water partition coefficient (Wildman–Crippen LogP) is 10.8. The van der Waals surface area contributed by atoms with Gasteiger partial charge in [-0.1, -0.05) is 168 Å². The first-order valence-electron chi connectivity index (χ1n) is 19.6. The summed E-state index contributed by atoms with van der Waals surface area (Å²) in [6, 6.07) is 0. The summed E-state index contributed by atoms with van der Waals surface area (Å²) in [5.74, 6) is -0.324. The first-order valence-corrected chi connectivity index (χ1v) is 19.6. The van der Waals surface area contributed by atoms with Crippen LogP contribution in [0.2, 0.25) is 0 Å². The van der Waals surface area contributed by atoms with Crippen molar-refractivity contribution >= 4 is 11.9 Å². The third-order valence-corrected chi connectivity index (χ3v) is 9.49. The van der Waals surface area contributed by atoms with Crippen molar-refractivity contribution in [3.63, 3.8) is 0 Å². The van der Waals surface area contributed by atoms with Crippen molar-refractivity contribution in [2.45, 2.75) is 212 Å². The molecule has 0 atom stereocenters. The summed E-state index contributed by atoms with van der Waals surface area (Å²) in [5, 5.41) is 13.2. The topological polar surface area (TPSA) is 84.9 Å². The van der Waals surface area contributed by atoms with Crippen LogP contribution in [0.1, 0.15) is 206 Å². The van der Waals surface area contributed by atoms with Gasteiger partial charge < -0.3 is 19.9 Å². The molecule has 268 valence electrons. The maximum atomic E-state index is 12.2. The summed E-state index contributed by atoms with van der Waals surface area (Å²) < 4.78 is 10.9. The monoisotopic (exact) mass is 640 g/mol. The molecule has 0 bridgehead atoms. The number of carbonyl (C=O) groups is 2. The average molecular weight is 640 g/mol. The summed E-state index contributed by atoms with van der Waals surface area (Å²) in [4.78, 5) is 24.4. The maximum Gasteiger partial charge on any atom is 0.305 e. The van der Waals surface area contributed by atoms with Gasteiger partial charge in [-0.05, 0) is 19.9 Å². The molecule has 0 fully saturated rings. The van der Waals surface area contributed by atoms with Crippen LogP contribution in [0.15, 0.2) is 0 Å². The second-order valence-electron chi connectivity index (χ2n) is 13.6. The zero-order valence-corrected chi connectivity index (χ0v) is 30.4. The molecule has 2 N–H and O–H groups in total.